The maximum absolute atomic E-state index is 12.8. The van der Waals surface area contributed by atoms with Gasteiger partial charge in [-0.2, -0.15) is 0 Å². The monoisotopic (exact) mass is 399 g/mol. The number of ketones is 1. The van der Waals surface area contributed by atoms with Crippen molar-refractivity contribution in [1.29, 1.82) is 0 Å². The number of amides is 1. The van der Waals surface area contributed by atoms with Crippen molar-refractivity contribution in [2.75, 3.05) is 0 Å². The number of β-lactam (4-membered cyclic amide) rings is 1. The predicted octanol–water partition coefficient (Wildman–Crippen LogP) is -2.77. The first-order valence-electron chi connectivity index (χ1n) is 8.12. The summed E-state index contributed by atoms with van der Waals surface area (Å²) in [5, 5.41) is 10.9. The van der Waals surface area contributed by atoms with Gasteiger partial charge in [-0.3, -0.25) is 14.4 Å². The summed E-state index contributed by atoms with van der Waals surface area (Å²) in [4.78, 5) is 49.8. The number of fused-ring (bicyclic) bond motifs is 1. The van der Waals surface area contributed by atoms with Crippen LogP contribution in [0.5, 0.6) is 0 Å². The third-order valence-electron chi connectivity index (χ3n) is 4.64. The van der Waals surface area contributed by atoms with E-state index in [0.29, 0.717) is 5.56 Å². The fourth-order valence-corrected chi connectivity index (χ4v) is 5.24. The largest absolute Gasteiger partial charge is 1.00 e. The summed E-state index contributed by atoms with van der Waals surface area (Å²) in [6, 6.07) is 7.16. The Labute approximate surface area is 183 Å². The molecule has 2 fully saturated rings. The number of carbonyl (C=O) groups is 4. The summed E-state index contributed by atoms with van der Waals surface area (Å²) < 4.78 is 4.43. The second-order valence-electron chi connectivity index (χ2n) is 6.87. The van der Waals surface area contributed by atoms with Crippen LogP contribution in [-0.2, 0) is 19.1 Å². The van der Waals surface area contributed by atoms with Crippen LogP contribution >= 0.6 is 11.8 Å². The zero-order chi connectivity index (χ0) is 19.2. The molecule has 7 nitrogen and oxygen atoms in total. The number of thioether (sulfide) groups is 1. The molecule has 27 heavy (non-hydrogen) atoms. The molecule has 0 saturated carbocycles. The summed E-state index contributed by atoms with van der Waals surface area (Å²) in [6.07, 6.45) is -1.28. The van der Waals surface area contributed by atoms with E-state index in [4.69, 9.17) is 4.74 Å². The third-order valence-corrected chi connectivity index (χ3v) is 6.23. The maximum atomic E-state index is 12.8. The van der Waals surface area contributed by atoms with Gasteiger partial charge in [-0.05, 0) is 13.8 Å². The number of ether oxygens (including phenoxy) is 1. The van der Waals surface area contributed by atoms with Gasteiger partial charge in [0.2, 0.25) is 11.7 Å². The average molecular weight is 399 g/mol. The molecule has 138 valence electrons. The number of Topliss-reactive ketones (excluding diaryl/α,β-unsaturated/α-hetero) is 1. The molecule has 3 rings (SSSR count). The Morgan fingerprint density at radius 3 is 2.33 bits per heavy atom. The molecule has 0 spiro atoms. The fourth-order valence-electron chi connectivity index (χ4n) is 3.54. The van der Waals surface area contributed by atoms with Crippen molar-refractivity contribution < 1.29 is 58.6 Å². The van der Waals surface area contributed by atoms with Gasteiger partial charge in [-0.15, -0.1) is 11.8 Å². The summed E-state index contributed by atoms with van der Waals surface area (Å²) in [6.45, 7) is 4.59. The number of hydrogen-bond acceptors (Lipinski definition) is 7. The van der Waals surface area contributed by atoms with E-state index in [1.807, 2.05) is 0 Å². The van der Waals surface area contributed by atoms with Crippen molar-refractivity contribution in [2.24, 2.45) is 5.92 Å². The first-order chi connectivity index (χ1) is 12.1. The van der Waals surface area contributed by atoms with Crippen LogP contribution in [0.25, 0.3) is 0 Å². The Morgan fingerprint density at radius 1 is 1.22 bits per heavy atom. The molecular formula is C18H18NNaO6S. The molecule has 0 radical (unpaired) electrons. The predicted molar refractivity (Wildman–Crippen MR) is 90.9 cm³/mol. The molecule has 1 aromatic rings. The van der Waals surface area contributed by atoms with E-state index in [2.05, 4.69) is 0 Å². The molecule has 9 heteroatoms. The van der Waals surface area contributed by atoms with E-state index in [1.165, 1.54) is 23.6 Å². The molecule has 4 atom stereocenters. The number of carboxylic acid groups (broad SMARTS) is 1. The minimum absolute atomic E-state index is 0. The van der Waals surface area contributed by atoms with E-state index < -0.39 is 51.8 Å². The van der Waals surface area contributed by atoms with Gasteiger partial charge in [0.25, 0.3) is 0 Å². The molecule has 1 unspecified atom stereocenters. The molecule has 2 saturated heterocycles. The number of esters is 1. The van der Waals surface area contributed by atoms with Crippen molar-refractivity contribution in [1.82, 2.24) is 4.90 Å². The van der Waals surface area contributed by atoms with Crippen molar-refractivity contribution in [3.05, 3.63) is 35.9 Å². The van der Waals surface area contributed by atoms with Crippen molar-refractivity contribution in [2.45, 2.75) is 43.0 Å². The SMILES string of the molecule is CC(=O)OC(C(=O)c1ccccc1)[C@@H]1C(=O)N2[C@@H]1SC(C)(C)[C@@H]2C(=O)[O-].[Na+]. The van der Waals surface area contributed by atoms with Crippen LogP contribution in [0.4, 0.5) is 0 Å². The Bertz CT molecular complexity index is 783. The molecule has 0 bridgehead atoms. The molecule has 1 amide bonds. The molecule has 2 aliphatic heterocycles. The molecule has 0 aromatic heterocycles. The number of rotatable bonds is 5. The second kappa shape index (κ2) is 7.95. The number of nitrogens with zero attached hydrogens (tertiary/aromatic N) is 1. The summed E-state index contributed by atoms with van der Waals surface area (Å²) in [5.41, 5.74) is 0.323. The number of aliphatic carboxylic acids is 1. The van der Waals surface area contributed by atoms with Crippen LogP contribution in [0.15, 0.2) is 30.3 Å². The first kappa shape index (κ1) is 21.9. The summed E-state index contributed by atoms with van der Waals surface area (Å²) >= 11 is 1.27. The van der Waals surface area contributed by atoms with Crippen LogP contribution in [0.1, 0.15) is 31.1 Å². The van der Waals surface area contributed by atoms with Gasteiger partial charge >= 0.3 is 35.5 Å². The topological polar surface area (TPSA) is 104 Å². The van der Waals surface area contributed by atoms with E-state index in [-0.39, 0.29) is 29.6 Å². The zero-order valence-electron chi connectivity index (χ0n) is 15.5. The molecule has 2 heterocycles. The molecule has 2 aliphatic rings. The number of benzene rings is 1. The molecule has 1 aromatic carbocycles. The summed E-state index contributed by atoms with van der Waals surface area (Å²) in [7, 11) is 0. The van der Waals surface area contributed by atoms with Gasteiger partial charge in [-0.1, -0.05) is 30.3 Å². The van der Waals surface area contributed by atoms with E-state index in [0.717, 1.165) is 0 Å². The third kappa shape index (κ3) is 3.81. The standard InChI is InChI=1S/C18H19NO6S.Na/c1-9(20)25-13(12(21)10-7-5-4-6-8-10)11-15(22)19-14(17(23)24)18(2,3)26-16(11)19;/h4-8,11,13-14,16H,1-3H3,(H,23,24);/q;+1/p-1/t11-,13?,14+,16-;/m1./s1. The summed E-state index contributed by atoms with van der Waals surface area (Å²) in [5.74, 6) is -3.92. The molecular weight excluding hydrogens is 381 g/mol. The Balaban J connectivity index is 0.00000261. The number of hydrogen-bond donors (Lipinski definition) is 0. The molecule has 0 N–H and O–H groups in total. The van der Waals surface area contributed by atoms with Crippen LogP contribution in [0.3, 0.4) is 0 Å². The quantitative estimate of drug-likeness (QED) is 0.229. The smallest absolute Gasteiger partial charge is 0.548 e. The minimum atomic E-state index is -1.34. The van der Waals surface area contributed by atoms with Crippen LogP contribution in [0.2, 0.25) is 0 Å². The van der Waals surface area contributed by atoms with Gasteiger partial charge in [0.15, 0.2) is 6.10 Å². The average Bonchev–Trinajstić information content (AvgIpc) is 2.82. The Hall–Kier alpha value is -1.35. The van der Waals surface area contributed by atoms with E-state index in [1.54, 1.807) is 44.2 Å². The van der Waals surface area contributed by atoms with Gasteiger partial charge < -0.3 is 19.5 Å². The van der Waals surface area contributed by atoms with Crippen molar-refractivity contribution >= 4 is 35.4 Å². The minimum Gasteiger partial charge on any atom is -0.548 e. The van der Waals surface area contributed by atoms with Crippen LogP contribution < -0.4 is 34.7 Å². The van der Waals surface area contributed by atoms with Crippen LogP contribution in [0, 0.1) is 5.92 Å². The fraction of sp³-hybridized carbons (Fsp3) is 0.444. The van der Waals surface area contributed by atoms with Crippen molar-refractivity contribution in [3.63, 3.8) is 0 Å². The van der Waals surface area contributed by atoms with Gasteiger partial charge in [0.1, 0.15) is 5.92 Å². The van der Waals surface area contributed by atoms with E-state index >= 15 is 0 Å². The van der Waals surface area contributed by atoms with E-state index in [9.17, 15) is 24.3 Å². The number of carbonyl (C=O) groups excluding carboxylic acids is 4. The Morgan fingerprint density at radius 2 is 1.81 bits per heavy atom. The Kier molecular flexibility index (Phi) is 6.46. The zero-order valence-corrected chi connectivity index (χ0v) is 18.3. The van der Waals surface area contributed by atoms with Gasteiger partial charge in [-0.25, -0.2) is 0 Å². The maximum Gasteiger partial charge on any atom is 1.00 e. The van der Waals surface area contributed by atoms with Gasteiger partial charge in [0, 0.05) is 17.2 Å². The second-order valence-corrected chi connectivity index (χ2v) is 8.64. The van der Waals surface area contributed by atoms with Crippen molar-refractivity contribution in [3.8, 4) is 0 Å². The van der Waals surface area contributed by atoms with Crippen LogP contribution in [-0.4, -0.2) is 50.8 Å². The first-order valence-corrected chi connectivity index (χ1v) is 9.00. The molecule has 0 aliphatic carbocycles. The number of carboxylic acids is 1. The van der Waals surface area contributed by atoms with Gasteiger partial charge in [0.05, 0.1) is 17.4 Å². The normalized spacial score (nSPS) is 26.3.